The molecule has 2 aliphatic heterocycles. The molecule has 2 N–H and O–H groups in total. The average Bonchev–Trinajstić information content (AvgIpc) is 2.74. The summed E-state index contributed by atoms with van der Waals surface area (Å²) < 4.78 is 6.01. The molecule has 7 heteroatoms. The van der Waals surface area contributed by atoms with E-state index in [-0.39, 0.29) is 18.4 Å². The van der Waals surface area contributed by atoms with Gasteiger partial charge in [0, 0.05) is 56.5 Å². The molecule has 1 saturated heterocycles. The maximum Gasteiger partial charge on any atom is 0.254 e. The Morgan fingerprint density at radius 2 is 2.03 bits per heavy atom. The summed E-state index contributed by atoms with van der Waals surface area (Å²) in [6.45, 7) is 0.728. The van der Waals surface area contributed by atoms with E-state index in [1.165, 1.54) is 0 Å². The van der Waals surface area contributed by atoms with Crippen molar-refractivity contribution in [3.05, 3.63) is 53.6 Å². The lowest BCUT2D eigenvalue weighted by Crippen LogP contribution is -2.51. The van der Waals surface area contributed by atoms with Crippen molar-refractivity contribution < 1.29 is 19.4 Å². The third-order valence-electron chi connectivity index (χ3n) is 5.68. The summed E-state index contributed by atoms with van der Waals surface area (Å²) in [5.74, 6) is 0.524. The highest BCUT2D eigenvalue weighted by molar-refractivity contribution is 5.95. The number of benzene rings is 2. The van der Waals surface area contributed by atoms with Crippen molar-refractivity contribution in [2.45, 2.75) is 31.5 Å². The van der Waals surface area contributed by atoms with Gasteiger partial charge in [0.1, 0.15) is 18.0 Å². The summed E-state index contributed by atoms with van der Waals surface area (Å²) in [5.41, 5.74) is 3.42. The number of ether oxygens (including phenoxy) is 1. The fourth-order valence-corrected chi connectivity index (χ4v) is 3.93. The van der Waals surface area contributed by atoms with Crippen molar-refractivity contribution in [3.63, 3.8) is 0 Å². The normalized spacial score (nSPS) is 20.9. The van der Waals surface area contributed by atoms with Gasteiger partial charge in [0.2, 0.25) is 5.91 Å². The molecule has 1 fully saturated rings. The highest BCUT2D eigenvalue weighted by Crippen LogP contribution is 2.29. The number of likely N-dealkylation sites (tertiary alicyclic amines) is 1. The van der Waals surface area contributed by atoms with Crippen LogP contribution in [0, 0.1) is 0 Å². The molecule has 4 rings (SSSR count). The molecule has 30 heavy (non-hydrogen) atoms. The fraction of sp³-hybridized carbons (Fsp3) is 0.391. The monoisotopic (exact) mass is 409 g/mol. The smallest absolute Gasteiger partial charge is 0.254 e. The van der Waals surface area contributed by atoms with Crippen molar-refractivity contribution >= 4 is 23.2 Å². The summed E-state index contributed by atoms with van der Waals surface area (Å²) in [6.07, 6.45) is 0.559. The van der Waals surface area contributed by atoms with Crippen LogP contribution in [0.5, 0.6) is 5.75 Å². The zero-order chi connectivity index (χ0) is 21.3. The number of aliphatic hydroxyl groups is 1. The number of fused-ring (bicyclic) bond motifs is 1. The summed E-state index contributed by atoms with van der Waals surface area (Å²) in [5, 5.41) is 13.5. The Morgan fingerprint density at radius 3 is 2.80 bits per heavy atom. The van der Waals surface area contributed by atoms with Gasteiger partial charge in [-0.15, -0.1) is 0 Å². The van der Waals surface area contributed by atoms with E-state index in [4.69, 9.17) is 4.74 Å². The van der Waals surface area contributed by atoms with Crippen LogP contribution in [0.25, 0.3) is 0 Å². The maximum atomic E-state index is 12.9. The topological polar surface area (TPSA) is 82.1 Å². The fourth-order valence-electron chi connectivity index (χ4n) is 3.93. The Bertz CT molecular complexity index is 959. The number of aliphatic hydroxyl groups excluding tert-OH is 1. The minimum Gasteiger partial charge on any atom is -0.488 e. The van der Waals surface area contributed by atoms with Gasteiger partial charge in [-0.25, -0.2) is 0 Å². The van der Waals surface area contributed by atoms with Crippen molar-refractivity contribution in [1.82, 2.24) is 4.90 Å². The van der Waals surface area contributed by atoms with Crippen molar-refractivity contribution in [3.8, 4) is 5.75 Å². The Balaban J connectivity index is 1.40. The Labute approximate surface area is 176 Å². The average molecular weight is 409 g/mol. The van der Waals surface area contributed by atoms with Crippen LogP contribution in [0.4, 0.5) is 11.4 Å². The third kappa shape index (κ3) is 4.26. The van der Waals surface area contributed by atoms with Crippen LogP contribution in [0.2, 0.25) is 0 Å². The number of carbonyl (C=O) groups is 2. The molecule has 0 saturated carbocycles. The number of hydrogen-bond donors (Lipinski definition) is 2. The van der Waals surface area contributed by atoms with Crippen molar-refractivity contribution in [1.29, 1.82) is 0 Å². The van der Waals surface area contributed by atoms with E-state index in [0.717, 1.165) is 23.4 Å². The van der Waals surface area contributed by atoms with Crippen LogP contribution < -0.4 is 15.0 Å². The molecule has 2 aromatic carbocycles. The van der Waals surface area contributed by atoms with Gasteiger partial charge < -0.3 is 25.0 Å². The first kappa shape index (κ1) is 20.2. The molecule has 2 heterocycles. The first-order chi connectivity index (χ1) is 14.4. The molecule has 0 spiro atoms. The van der Waals surface area contributed by atoms with Gasteiger partial charge in [0.05, 0.1) is 6.54 Å². The zero-order valence-corrected chi connectivity index (χ0v) is 17.3. The molecule has 2 atom stereocenters. The number of anilines is 2. The Morgan fingerprint density at radius 1 is 1.20 bits per heavy atom. The molecule has 2 amide bonds. The maximum absolute atomic E-state index is 12.9. The van der Waals surface area contributed by atoms with Crippen LogP contribution in [-0.2, 0) is 11.2 Å². The standard InChI is InChI=1S/C23H27N3O4/c1-25(2)17-5-3-4-16(12-17)23(29)26-11-10-21(20(27)14-26)30-18-8-6-15-7-9-22(28)24-19(15)13-18/h3-6,8,12-13,20-21,27H,7,9-11,14H2,1-2H3,(H,24,28)/t20-,21-/m1/s1. The van der Waals surface area contributed by atoms with E-state index in [1.54, 1.807) is 11.0 Å². The predicted molar refractivity (Wildman–Crippen MR) is 115 cm³/mol. The second-order valence-corrected chi connectivity index (χ2v) is 8.08. The van der Waals surface area contributed by atoms with E-state index in [1.807, 2.05) is 55.4 Å². The number of β-amino-alcohol motifs (C(OH)–C–C–N with tert-alkyl or cyclic N) is 1. The molecule has 0 aliphatic carbocycles. The largest absolute Gasteiger partial charge is 0.488 e. The van der Waals surface area contributed by atoms with Gasteiger partial charge in [-0.05, 0) is 36.2 Å². The van der Waals surface area contributed by atoms with Crippen LogP contribution >= 0.6 is 0 Å². The number of carbonyl (C=O) groups excluding carboxylic acids is 2. The van der Waals surface area contributed by atoms with E-state index >= 15 is 0 Å². The van der Waals surface area contributed by atoms with Gasteiger partial charge in [-0.1, -0.05) is 12.1 Å². The molecular formula is C23H27N3O4. The van der Waals surface area contributed by atoms with Gasteiger partial charge in [-0.2, -0.15) is 0 Å². The van der Waals surface area contributed by atoms with E-state index in [9.17, 15) is 14.7 Å². The zero-order valence-electron chi connectivity index (χ0n) is 17.3. The molecule has 0 radical (unpaired) electrons. The van der Waals surface area contributed by atoms with E-state index in [0.29, 0.717) is 30.7 Å². The van der Waals surface area contributed by atoms with Crippen LogP contribution in [-0.4, -0.2) is 61.2 Å². The molecule has 0 aromatic heterocycles. The highest BCUT2D eigenvalue weighted by Gasteiger charge is 2.32. The third-order valence-corrected chi connectivity index (χ3v) is 5.68. The molecule has 0 unspecified atom stereocenters. The SMILES string of the molecule is CN(C)c1cccc(C(=O)N2CC[C@@H](Oc3ccc4c(c3)NC(=O)CC4)[C@H](O)C2)c1. The first-order valence-electron chi connectivity index (χ1n) is 10.2. The van der Waals surface area contributed by atoms with Crippen LogP contribution in [0.15, 0.2) is 42.5 Å². The predicted octanol–water partition coefficient (Wildman–Crippen LogP) is 2.29. The summed E-state index contributed by atoms with van der Waals surface area (Å²) >= 11 is 0. The van der Waals surface area contributed by atoms with Gasteiger partial charge in [0.15, 0.2) is 0 Å². The lowest BCUT2D eigenvalue weighted by molar-refractivity contribution is -0.116. The van der Waals surface area contributed by atoms with E-state index < -0.39 is 12.2 Å². The first-order valence-corrected chi connectivity index (χ1v) is 10.2. The number of rotatable bonds is 4. The molecule has 0 bridgehead atoms. The Kier molecular flexibility index (Phi) is 5.63. The highest BCUT2D eigenvalue weighted by atomic mass is 16.5. The molecule has 7 nitrogen and oxygen atoms in total. The lowest BCUT2D eigenvalue weighted by Gasteiger charge is -2.36. The van der Waals surface area contributed by atoms with Gasteiger partial charge >= 0.3 is 0 Å². The minimum atomic E-state index is -0.787. The summed E-state index contributed by atoms with van der Waals surface area (Å²) in [4.78, 5) is 28.1. The molecule has 158 valence electrons. The number of amides is 2. The van der Waals surface area contributed by atoms with Gasteiger partial charge in [0.25, 0.3) is 5.91 Å². The van der Waals surface area contributed by atoms with E-state index in [2.05, 4.69) is 5.32 Å². The molecule has 2 aliphatic rings. The molecule has 2 aromatic rings. The van der Waals surface area contributed by atoms with Crippen molar-refractivity contribution in [2.75, 3.05) is 37.4 Å². The summed E-state index contributed by atoms with van der Waals surface area (Å²) in [7, 11) is 3.87. The number of nitrogens with one attached hydrogen (secondary N) is 1. The summed E-state index contributed by atoms with van der Waals surface area (Å²) in [6, 6.07) is 13.1. The second kappa shape index (κ2) is 8.36. The number of hydrogen-bond acceptors (Lipinski definition) is 5. The minimum absolute atomic E-state index is 0.00448. The Hall–Kier alpha value is -3.06. The van der Waals surface area contributed by atoms with Crippen LogP contribution in [0.3, 0.4) is 0 Å². The van der Waals surface area contributed by atoms with Gasteiger partial charge in [-0.3, -0.25) is 9.59 Å². The van der Waals surface area contributed by atoms with Crippen LogP contribution in [0.1, 0.15) is 28.8 Å². The second-order valence-electron chi connectivity index (χ2n) is 8.08. The number of aryl methyl sites for hydroxylation is 1. The lowest BCUT2D eigenvalue weighted by atomic mass is 10.0. The quantitative estimate of drug-likeness (QED) is 0.810. The molecular weight excluding hydrogens is 382 g/mol. The number of piperidine rings is 1. The van der Waals surface area contributed by atoms with Crippen molar-refractivity contribution in [2.24, 2.45) is 0 Å². The number of nitrogens with zero attached hydrogens (tertiary/aromatic N) is 2.